The molecular formula is C13H14N2O. The fraction of sp³-hybridized carbons (Fsp3) is 0.231. The van der Waals surface area contributed by atoms with E-state index in [4.69, 9.17) is 0 Å². The summed E-state index contributed by atoms with van der Waals surface area (Å²) in [4.78, 5) is 11.8. The van der Waals surface area contributed by atoms with Crippen LogP contribution in [0, 0.1) is 0 Å². The maximum absolute atomic E-state index is 11.8. The Morgan fingerprint density at radius 2 is 2.00 bits per heavy atom. The van der Waals surface area contributed by atoms with E-state index in [1.54, 1.807) is 4.68 Å². The van der Waals surface area contributed by atoms with E-state index in [1.165, 1.54) is 0 Å². The minimum absolute atomic E-state index is 0.172. The maximum atomic E-state index is 11.8. The Balaban J connectivity index is 1.94. The van der Waals surface area contributed by atoms with Gasteiger partial charge in [0.25, 0.3) is 0 Å². The zero-order chi connectivity index (χ0) is 11.4. The lowest BCUT2D eigenvalue weighted by molar-refractivity contribution is 0.0982. The highest BCUT2D eigenvalue weighted by atomic mass is 16.1. The molecule has 0 aliphatic rings. The summed E-state index contributed by atoms with van der Waals surface area (Å²) in [6.45, 7) is 0. The molecule has 0 atom stereocenters. The van der Waals surface area contributed by atoms with Gasteiger partial charge in [0.15, 0.2) is 5.78 Å². The van der Waals surface area contributed by atoms with E-state index in [1.807, 2.05) is 49.6 Å². The van der Waals surface area contributed by atoms with Crippen LogP contribution in [0.2, 0.25) is 0 Å². The largest absolute Gasteiger partial charge is 0.294 e. The fourth-order valence-corrected chi connectivity index (χ4v) is 1.61. The Morgan fingerprint density at radius 3 is 2.62 bits per heavy atom. The summed E-state index contributed by atoms with van der Waals surface area (Å²) in [5.41, 5.74) is 1.74. The Kier molecular flexibility index (Phi) is 3.15. The van der Waals surface area contributed by atoms with Crippen molar-refractivity contribution in [1.29, 1.82) is 0 Å². The molecule has 1 aromatic heterocycles. The number of carbonyl (C=O) groups excluding carboxylic acids is 1. The van der Waals surface area contributed by atoms with Crippen LogP contribution in [0.1, 0.15) is 22.5 Å². The second kappa shape index (κ2) is 4.75. The zero-order valence-electron chi connectivity index (χ0n) is 9.26. The van der Waals surface area contributed by atoms with Crippen molar-refractivity contribution in [2.45, 2.75) is 12.8 Å². The van der Waals surface area contributed by atoms with Gasteiger partial charge in [0.05, 0.1) is 5.69 Å². The topological polar surface area (TPSA) is 34.9 Å². The molecule has 0 saturated heterocycles. The van der Waals surface area contributed by atoms with Crippen molar-refractivity contribution in [1.82, 2.24) is 9.78 Å². The molecule has 2 aromatic rings. The van der Waals surface area contributed by atoms with Crippen LogP contribution >= 0.6 is 0 Å². The van der Waals surface area contributed by atoms with Gasteiger partial charge in [0.1, 0.15) is 0 Å². The van der Waals surface area contributed by atoms with E-state index in [0.29, 0.717) is 12.8 Å². The van der Waals surface area contributed by atoms with Gasteiger partial charge in [0, 0.05) is 25.2 Å². The quantitative estimate of drug-likeness (QED) is 0.731. The number of ketones is 1. The van der Waals surface area contributed by atoms with Crippen LogP contribution in [0.3, 0.4) is 0 Å². The third-order valence-electron chi connectivity index (χ3n) is 2.47. The molecule has 0 fully saturated rings. The first kappa shape index (κ1) is 10.6. The lowest BCUT2D eigenvalue weighted by atomic mass is 10.1. The molecule has 16 heavy (non-hydrogen) atoms. The lowest BCUT2D eigenvalue weighted by Gasteiger charge is -1.98. The van der Waals surface area contributed by atoms with Crippen molar-refractivity contribution in [3.63, 3.8) is 0 Å². The number of aryl methyl sites for hydroxylation is 2. The van der Waals surface area contributed by atoms with Gasteiger partial charge >= 0.3 is 0 Å². The van der Waals surface area contributed by atoms with Crippen molar-refractivity contribution in [2.75, 3.05) is 0 Å². The van der Waals surface area contributed by atoms with Crippen LogP contribution in [0.4, 0.5) is 0 Å². The first-order chi connectivity index (χ1) is 7.75. The highest BCUT2D eigenvalue weighted by Gasteiger charge is 2.06. The number of Topliss-reactive ketones (excluding diaryl/α,β-unsaturated/α-hetero) is 1. The second-order valence-electron chi connectivity index (χ2n) is 3.77. The molecule has 0 saturated carbocycles. The minimum atomic E-state index is 0.172. The first-order valence-corrected chi connectivity index (χ1v) is 5.32. The van der Waals surface area contributed by atoms with E-state index in [2.05, 4.69) is 5.10 Å². The summed E-state index contributed by atoms with van der Waals surface area (Å²) in [6, 6.07) is 11.3. The van der Waals surface area contributed by atoms with Crippen LogP contribution in [0.5, 0.6) is 0 Å². The number of aromatic nitrogens is 2. The van der Waals surface area contributed by atoms with Crippen molar-refractivity contribution < 1.29 is 4.79 Å². The molecule has 1 heterocycles. The average molecular weight is 214 g/mol. The van der Waals surface area contributed by atoms with Gasteiger partial charge < -0.3 is 0 Å². The molecular weight excluding hydrogens is 200 g/mol. The molecule has 0 aliphatic carbocycles. The highest BCUT2D eigenvalue weighted by molar-refractivity contribution is 5.96. The molecule has 0 spiro atoms. The van der Waals surface area contributed by atoms with E-state index in [0.717, 1.165) is 11.3 Å². The zero-order valence-corrected chi connectivity index (χ0v) is 9.26. The van der Waals surface area contributed by atoms with Crippen molar-refractivity contribution in [3.8, 4) is 0 Å². The van der Waals surface area contributed by atoms with Gasteiger partial charge in [-0.2, -0.15) is 5.10 Å². The van der Waals surface area contributed by atoms with Gasteiger partial charge in [-0.15, -0.1) is 0 Å². The normalized spacial score (nSPS) is 10.3. The van der Waals surface area contributed by atoms with Gasteiger partial charge in [-0.25, -0.2) is 0 Å². The van der Waals surface area contributed by atoms with Crippen molar-refractivity contribution >= 4 is 5.78 Å². The summed E-state index contributed by atoms with van der Waals surface area (Å²) in [7, 11) is 1.88. The maximum Gasteiger partial charge on any atom is 0.163 e. The second-order valence-corrected chi connectivity index (χ2v) is 3.77. The molecule has 0 unspecified atom stereocenters. The van der Waals surface area contributed by atoms with E-state index in [-0.39, 0.29) is 5.78 Å². The van der Waals surface area contributed by atoms with Gasteiger partial charge in [-0.3, -0.25) is 9.48 Å². The van der Waals surface area contributed by atoms with Crippen LogP contribution in [0.15, 0.2) is 42.6 Å². The van der Waals surface area contributed by atoms with Gasteiger partial charge in [-0.1, -0.05) is 30.3 Å². The van der Waals surface area contributed by atoms with Gasteiger partial charge in [0.2, 0.25) is 0 Å². The monoisotopic (exact) mass is 214 g/mol. The molecule has 2 rings (SSSR count). The number of rotatable bonds is 4. The Labute approximate surface area is 94.7 Å². The number of carbonyl (C=O) groups is 1. The molecule has 0 amide bonds. The number of benzene rings is 1. The summed E-state index contributed by atoms with van der Waals surface area (Å²) >= 11 is 0. The minimum Gasteiger partial charge on any atom is -0.294 e. The van der Waals surface area contributed by atoms with E-state index >= 15 is 0 Å². The molecule has 1 aromatic carbocycles. The third-order valence-corrected chi connectivity index (χ3v) is 2.47. The van der Waals surface area contributed by atoms with Crippen molar-refractivity contribution in [3.05, 3.63) is 53.9 Å². The third kappa shape index (κ3) is 2.57. The molecule has 0 aliphatic heterocycles. The Bertz CT molecular complexity index is 474. The molecule has 0 bridgehead atoms. The molecule has 0 N–H and O–H groups in total. The molecule has 3 heteroatoms. The Morgan fingerprint density at radius 1 is 1.25 bits per heavy atom. The van der Waals surface area contributed by atoms with Crippen LogP contribution in [-0.4, -0.2) is 15.6 Å². The smallest absolute Gasteiger partial charge is 0.163 e. The summed E-state index contributed by atoms with van der Waals surface area (Å²) in [5.74, 6) is 0.172. The van der Waals surface area contributed by atoms with Crippen LogP contribution in [0.25, 0.3) is 0 Å². The molecule has 82 valence electrons. The lowest BCUT2D eigenvalue weighted by Crippen LogP contribution is -2.01. The predicted molar refractivity (Wildman–Crippen MR) is 62.3 cm³/mol. The van der Waals surface area contributed by atoms with Gasteiger partial charge in [-0.05, 0) is 12.5 Å². The first-order valence-electron chi connectivity index (χ1n) is 5.32. The number of hydrogen-bond donors (Lipinski definition) is 0. The summed E-state index contributed by atoms with van der Waals surface area (Å²) in [5, 5.41) is 4.24. The van der Waals surface area contributed by atoms with Crippen molar-refractivity contribution in [2.24, 2.45) is 7.05 Å². The SMILES string of the molecule is Cn1ccc(CCC(=O)c2ccccc2)n1. The Hall–Kier alpha value is -1.90. The van der Waals surface area contributed by atoms with Crippen LogP contribution < -0.4 is 0 Å². The number of hydrogen-bond acceptors (Lipinski definition) is 2. The standard InChI is InChI=1S/C13H14N2O/c1-15-10-9-12(14-15)7-8-13(16)11-5-3-2-4-6-11/h2-6,9-10H,7-8H2,1H3. The fourth-order valence-electron chi connectivity index (χ4n) is 1.61. The average Bonchev–Trinajstić information content (AvgIpc) is 2.73. The highest BCUT2D eigenvalue weighted by Crippen LogP contribution is 2.06. The molecule has 0 radical (unpaired) electrons. The van der Waals surface area contributed by atoms with E-state index in [9.17, 15) is 4.79 Å². The molecule has 3 nitrogen and oxygen atoms in total. The van der Waals surface area contributed by atoms with Crippen LogP contribution in [-0.2, 0) is 13.5 Å². The number of nitrogens with zero attached hydrogens (tertiary/aromatic N) is 2. The predicted octanol–water partition coefficient (Wildman–Crippen LogP) is 2.24. The summed E-state index contributed by atoms with van der Waals surface area (Å²) < 4.78 is 1.75. The van der Waals surface area contributed by atoms with E-state index < -0.39 is 0 Å². The summed E-state index contributed by atoms with van der Waals surface area (Å²) in [6.07, 6.45) is 3.11.